The van der Waals surface area contributed by atoms with Crippen LogP contribution in [0.4, 0.5) is 5.69 Å². The number of carbonyl (C=O) groups excluding carboxylic acids is 1. The molecule has 0 fully saturated rings. The van der Waals surface area contributed by atoms with E-state index in [1.54, 1.807) is 72.8 Å². The normalized spacial score (nSPS) is 11.7. The monoisotopic (exact) mass is 559 g/mol. The number of benzene rings is 4. The molecule has 39 heavy (non-hydrogen) atoms. The summed E-state index contributed by atoms with van der Waals surface area (Å²) in [6, 6.07) is 30.3. The third kappa shape index (κ3) is 7.34. The molecule has 200 valence electrons. The summed E-state index contributed by atoms with van der Waals surface area (Å²) >= 11 is 6.05. The quantitative estimate of drug-likeness (QED) is 0.172. The van der Waals surface area contributed by atoms with Crippen LogP contribution in [-0.2, 0) is 23.0 Å². The summed E-state index contributed by atoms with van der Waals surface area (Å²) in [4.78, 5) is 13.4. The maximum absolute atomic E-state index is 13.9. The van der Waals surface area contributed by atoms with E-state index in [9.17, 15) is 13.2 Å². The van der Waals surface area contributed by atoms with Gasteiger partial charge in [0.1, 0.15) is 0 Å². The minimum Gasteiger partial charge on any atom is -0.267 e. The molecule has 6 nitrogen and oxygen atoms in total. The van der Waals surface area contributed by atoms with E-state index in [4.69, 9.17) is 11.6 Å². The average molecular weight is 560 g/mol. The maximum atomic E-state index is 13.9. The summed E-state index contributed by atoms with van der Waals surface area (Å²) in [5, 5.41) is 4.82. The van der Waals surface area contributed by atoms with E-state index < -0.39 is 15.9 Å². The zero-order chi connectivity index (χ0) is 27.8. The Balaban J connectivity index is 1.64. The second kappa shape index (κ2) is 12.7. The summed E-state index contributed by atoms with van der Waals surface area (Å²) in [6.45, 7) is 3.75. The van der Waals surface area contributed by atoms with Crippen LogP contribution >= 0.6 is 11.6 Å². The molecule has 8 heteroatoms. The van der Waals surface area contributed by atoms with Gasteiger partial charge in [0, 0.05) is 10.7 Å². The van der Waals surface area contributed by atoms with Gasteiger partial charge in [-0.05, 0) is 74.2 Å². The summed E-state index contributed by atoms with van der Waals surface area (Å²) < 4.78 is 29.1. The molecule has 0 atom stereocenters. The maximum Gasteiger partial charge on any atom is 0.273 e. The SMILES string of the molecule is C/C(CCc1ccccc1)=N/NC(=O)c1ccccc1N(Cc1ccc(Cl)cc1)S(=O)(=O)c1ccc(C)cc1. The highest BCUT2D eigenvalue weighted by molar-refractivity contribution is 7.92. The molecule has 0 aliphatic rings. The number of halogens is 1. The molecule has 0 unspecified atom stereocenters. The van der Waals surface area contributed by atoms with Crippen molar-refractivity contribution in [3.05, 3.63) is 130 Å². The topological polar surface area (TPSA) is 78.8 Å². The Labute approximate surface area is 235 Å². The lowest BCUT2D eigenvalue weighted by Gasteiger charge is -2.26. The van der Waals surface area contributed by atoms with Crippen molar-refractivity contribution in [3.8, 4) is 0 Å². The highest BCUT2D eigenvalue weighted by Crippen LogP contribution is 2.30. The van der Waals surface area contributed by atoms with Gasteiger partial charge in [0.15, 0.2) is 0 Å². The summed E-state index contributed by atoms with van der Waals surface area (Å²) in [5.74, 6) is -0.495. The highest BCUT2D eigenvalue weighted by atomic mass is 35.5. The van der Waals surface area contributed by atoms with Crippen LogP contribution in [0.3, 0.4) is 0 Å². The molecule has 0 heterocycles. The number of hydrogen-bond donors (Lipinski definition) is 1. The van der Waals surface area contributed by atoms with Gasteiger partial charge in [-0.2, -0.15) is 5.10 Å². The van der Waals surface area contributed by atoms with Crippen molar-refractivity contribution in [3.63, 3.8) is 0 Å². The van der Waals surface area contributed by atoms with Crippen LogP contribution in [0.2, 0.25) is 5.02 Å². The Bertz CT molecular complexity index is 1550. The molecule has 4 aromatic carbocycles. The van der Waals surface area contributed by atoms with Gasteiger partial charge >= 0.3 is 0 Å². The van der Waals surface area contributed by atoms with Crippen LogP contribution in [0.25, 0.3) is 0 Å². The molecule has 0 radical (unpaired) electrons. The number of hydrogen-bond acceptors (Lipinski definition) is 4. The first-order chi connectivity index (χ1) is 18.7. The van der Waals surface area contributed by atoms with Gasteiger partial charge in [-0.3, -0.25) is 9.10 Å². The molecule has 4 rings (SSSR count). The van der Waals surface area contributed by atoms with Crippen LogP contribution < -0.4 is 9.73 Å². The zero-order valence-corrected chi connectivity index (χ0v) is 23.4. The average Bonchev–Trinajstić information content (AvgIpc) is 2.95. The van der Waals surface area contributed by atoms with Gasteiger partial charge in [-0.1, -0.05) is 83.9 Å². The first-order valence-corrected chi connectivity index (χ1v) is 14.4. The van der Waals surface area contributed by atoms with Crippen molar-refractivity contribution < 1.29 is 13.2 Å². The number of rotatable bonds is 10. The predicted molar refractivity (Wildman–Crippen MR) is 158 cm³/mol. The lowest BCUT2D eigenvalue weighted by atomic mass is 10.1. The lowest BCUT2D eigenvalue weighted by Crippen LogP contribution is -2.33. The number of anilines is 1. The first kappa shape index (κ1) is 28.1. The largest absolute Gasteiger partial charge is 0.273 e. The van der Waals surface area contributed by atoms with E-state index in [0.29, 0.717) is 11.4 Å². The van der Waals surface area contributed by atoms with Gasteiger partial charge in [0.25, 0.3) is 15.9 Å². The number of nitrogens with zero attached hydrogens (tertiary/aromatic N) is 2. The summed E-state index contributed by atoms with van der Waals surface area (Å²) in [5.41, 5.74) is 6.67. The van der Waals surface area contributed by atoms with Gasteiger partial charge in [0.05, 0.1) is 22.7 Å². The third-order valence-electron chi connectivity index (χ3n) is 6.23. The van der Waals surface area contributed by atoms with Crippen molar-refractivity contribution in [1.29, 1.82) is 0 Å². The minimum atomic E-state index is -4.02. The fraction of sp³-hybridized carbons (Fsp3) is 0.161. The van der Waals surface area contributed by atoms with E-state index in [0.717, 1.165) is 23.3 Å². The van der Waals surface area contributed by atoms with Crippen LogP contribution in [-0.4, -0.2) is 20.0 Å². The number of hydrazone groups is 1. The molecular formula is C31H30ClN3O3S. The molecule has 4 aromatic rings. The molecule has 0 aromatic heterocycles. The first-order valence-electron chi connectivity index (χ1n) is 12.5. The Morgan fingerprint density at radius 3 is 2.18 bits per heavy atom. The molecule has 0 saturated carbocycles. The van der Waals surface area contributed by atoms with Crippen LogP contribution in [0.5, 0.6) is 0 Å². The third-order valence-corrected chi connectivity index (χ3v) is 8.26. The number of carbonyl (C=O) groups is 1. The molecule has 0 aliphatic heterocycles. The standard InChI is InChI=1S/C31H30ClN3O3S/c1-23-12-20-28(21-13-23)39(37,38)35(22-26-16-18-27(32)19-17-26)30-11-7-6-10-29(30)31(36)34-33-24(2)14-15-25-8-4-3-5-9-25/h3-13,16-21H,14-15,22H2,1-2H3,(H,34,36)/b33-24-. The zero-order valence-electron chi connectivity index (χ0n) is 21.8. The van der Waals surface area contributed by atoms with Crippen LogP contribution in [0, 0.1) is 6.92 Å². The number of amides is 1. The molecule has 0 bridgehead atoms. The van der Waals surface area contributed by atoms with E-state index in [1.165, 1.54) is 9.87 Å². The van der Waals surface area contributed by atoms with E-state index in [2.05, 4.69) is 10.5 Å². The number of nitrogens with one attached hydrogen (secondary N) is 1. The Hall–Kier alpha value is -3.94. The molecular weight excluding hydrogens is 530 g/mol. The summed E-state index contributed by atoms with van der Waals surface area (Å²) in [7, 11) is -4.02. The fourth-order valence-corrected chi connectivity index (χ4v) is 5.61. The van der Waals surface area contributed by atoms with Gasteiger partial charge in [-0.15, -0.1) is 0 Å². The highest BCUT2D eigenvalue weighted by Gasteiger charge is 2.28. The second-order valence-corrected chi connectivity index (χ2v) is 11.5. The Morgan fingerprint density at radius 2 is 1.49 bits per heavy atom. The summed E-state index contributed by atoms with van der Waals surface area (Å²) in [6.07, 6.45) is 1.47. The number of sulfonamides is 1. The lowest BCUT2D eigenvalue weighted by molar-refractivity contribution is 0.0955. The van der Waals surface area contributed by atoms with E-state index in [1.807, 2.05) is 44.2 Å². The van der Waals surface area contributed by atoms with E-state index >= 15 is 0 Å². The van der Waals surface area contributed by atoms with Crippen molar-refractivity contribution in [2.45, 2.75) is 38.1 Å². The number of para-hydroxylation sites is 1. The van der Waals surface area contributed by atoms with Crippen LogP contribution in [0.1, 0.15) is 40.4 Å². The van der Waals surface area contributed by atoms with Gasteiger partial charge < -0.3 is 0 Å². The Morgan fingerprint density at radius 1 is 0.846 bits per heavy atom. The van der Waals surface area contributed by atoms with Crippen molar-refractivity contribution in [2.75, 3.05) is 4.31 Å². The molecule has 1 N–H and O–H groups in total. The van der Waals surface area contributed by atoms with Crippen molar-refractivity contribution in [1.82, 2.24) is 5.43 Å². The molecule has 1 amide bonds. The molecule has 0 spiro atoms. The fourth-order valence-electron chi connectivity index (χ4n) is 4.01. The molecule has 0 aliphatic carbocycles. The van der Waals surface area contributed by atoms with Gasteiger partial charge in [0.2, 0.25) is 0 Å². The van der Waals surface area contributed by atoms with Crippen LogP contribution in [0.15, 0.2) is 113 Å². The smallest absolute Gasteiger partial charge is 0.267 e. The second-order valence-electron chi connectivity index (χ2n) is 9.24. The number of aryl methyl sites for hydroxylation is 2. The van der Waals surface area contributed by atoms with Crippen molar-refractivity contribution >= 4 is 38.9 Å². The molecule has 0 saturated heterocycles. The predicted octanol–water partition coefficient (Wildman–Crippen LogP) is 6.78. The minimum absolute atomic E-state index is 0.0110. The Kier molecular flexibility index (Phi) is 9.17. The van der Waals surface area contributed by atoms with Gasteiger partial charge in [-0.25, -0.2) is 13.8 Å². The van der Waals surface area contributed by atoms with E-state index in [-0.39, 0.29) is 22.7 Å². The van der Waals surface area contributed by atoms with Crippen molar-refractivity contribution in [2.24, 2.45) is 5.10 Å².